The van der Waals surface area contributed by atoms with Crippen LogP contribution in [-0.4, -0.2) is 29.1 Å². The van der Waals surface area contributed by atoms with Crippen LogP contribution in [0.3, 0.4) is 0 Å². The molecule has 0 aliphatic carbocycles. The normalized spacial score (nSPS) is 18.2. The van der Waals surface area contributed by atoms with Crippen molar-refractivity contribution in [3.8, 4) is 0 Å². The molecule has 5 heteroatoms. The molecule has 0 radical (unpaired) electrons. The maximum Gasteiger partial charge on any atom is 0.305 e. The Kier molecular flexibility index (Phi) is 4.09. The predicted octanol–water partition coefficient (Wildman–Crippen LogP) is 1.67. The van der Waals surface area contributed by atoms with E-state index in [1.165, 1.54) is 0 Å². The molecule has 0 aromatic heterocycles. The average Bonchev–Trinajstić information content (AvgIpc) is 2.35. The third-order valence-corrected chi connectivity index (χ3v) is 3.29. The van der Waals surface area contributed by atoms with Crippen molar-refractivity contribution in [2.75, 3.05) is 6.61 Å². The Morgan fingerprint density at radius 1 is 1.40 bits per heavy atom. The number of carbonyl (C=O) groups excluding carboxylic acids is 1. The van der Waals surface area contributed by atoms with Crippen molar-refractivity contribution in [1.82, 2.24) is 5.32 Å². The van der Waals surface area contributed by atoms with Crippen molar-refractivity contribution >= 4 is 11.9 Å². The van der Waals surface area contributed by atoms with Gasteiger partial charge in [0.15, 0.2) is 6.10 Å². The van der Waals surface area contributed by atoms with Crippen LogP contribution in [0.25, 0.3) is 0 Å². The highest BCUT2D eigenvalue weighted by molar-refractivity contribution is 5.84. The third kappa shape index (κ3) is 3.36. The molecule has 20 heavy (non-hydrogen) atoms. The number of hydrogen-bond acceptors (Lipinski definition) is 3. The molecule has 0 saturated heterocycles. The van der Waals surface area contributed by atoms with Gasteiger partial charge in [-0.1, -0.05) is 24.3 Å². The van der Waals surface area contributed by atoms with Crippen molar-refractivity contribution in [3.63, 3.8) is 0 Å². The van der Waals surface area contributed by atoms with Crippen LogP contribution in [-0.2, 0) is 20.7 Å². The molecule has 1 aliphatic rings. The summed E-state index contributed by atoms with van der Waals surface area (Å²) in [5.41, 5.74) is 1.16. The quantitative estimate of drug-likeness (QED) is 0.877. The first-order valence-electron chi connectivity index (χ1n) is 6.62. The minimum absolute atomic E-state index is 0.132. The van der Waals surface area contributed by atoms with E-state index in [0.29, 0.717) is 6.61 Å². The number of aliphatic carboxylic acids is 1. The molecule has 0 fully saturated rings. The zero-order chi connectivity index (χ0) is 14.8. The van der Waals surface area contributed by atoms with E-state index >= 15 is 0 Å². The number of rotatable bonds is 4. The molecule has 0 bridgehead atoms. The average molecular weight is 277 g/mol. The maximum absolute atomic E-state index is 12.3. The fourth-order valence-corrected chi connectivity index (χ4v) is 2.43. The Hall–Kier alpha value is -1.88. The number of carboxylic acid groups (broad SMARTS) is 1. The molecule has 0 saturated carbocycles. The lowest BCUT2D eigenvalue weighted by Crippen LogP contribution is -2.47. The summed E-state index contributed by atoms with van der Waals surface area (Å²) in [5.74, 6) is -1.23. The van der Waals surface area contributed by atoms with Gasteiger partial charge in [0, 0.05) is 5.54 Å². The number of amides is 1. The van der Waals surface area contributed by atoms with E-state index < -0.39 is 17.6 Å². The van der Waals surface area contributed by atoms with E-state index in [0.717, 1.165) is 17.5 Å². The first-order valence-corrected chi connectivity index (χ1v) is 6.62. The topological polar surface area (TPSA) is 75.6 Å². The summed E-state index contributed by atoms with van der Waals surface area (Å²) < 4.78 is 5.56. The second-order valence-corrected chi connectivity index (χ2v) is 5.64. The highest BCUT2D eigenvalue weighted by Gasteiger charge is 2.31. The number of ether oxygens (including phenoxy) is 1. The Labute approximate surface area is 117 Å². The second-order valence-electron chi connectivity index (χ2n) is 5.64. The van der Waals surface area contributed by atoms with Gasteiger partial charge in [-0.3, -0.25) is 9.59 Å². The van der Waals surface area contributed by atoms with Gasteiger partial charge in [0.2, 0.25) is 0 Å². The van der Waals surface area contributed by atoms with E-state index in [4.69, 9.17) is 9.84 Å². The van der Waals surface area contributed by atoms with Crippen LogP contribution >= 0.6 is 0 Å². The molecule has 1 unspecified atom stereocenters. The van der Waals surface area contributed by atoms with E-state index in [2.05, 4.69) is 5.32 Å². The van der Waals surface area contributed by atoms with Crippen LogP contribution < -0.4 is 5.32 Å². The van der Waals surface area contributed by atoms with Gasteiger partial charge in [-0.05, 0) is 31.4 Å². The molecule has 1 aromatic rings. The Morgan fingerprint density at radius 2 is 2.10 bits per heavy atom. The van der Waals surface area contributed by atoms with Crippen LogP contribution in [0.1, 0.15) is 37.5 Å². The molecule has 1 amide bonds. The molecule has 1 aliphatic heterocycles. The summed E-state index contributed by atoms with van der Waals surface area (Å²) in [4.78, 5) is 23.1. The minimum Gasteiger partial charge on any atom is -0.481 e. The van der Waals surface area contributed by atoms with E-state index in [-0.39, 0.29) is 12.3 Å². The van der Waals surface area contributed by atoms with Crippen molar-refractivity contribution in [2.24, 2.45) is 0 Å². The van der Waals surface area contributed by atoms with Crippen LogP contribution in [0.2, 0.25) is 0 Å². The minimum atomic E-state index is -0.944. The smallest absolute Gasteiger partial charge is 0.305 e. The Bertz CT molecular complexity index is 524. The SMILES string of the molecule is CC(C)(CC(=O)O)NC(=O)C1OCCc2ccccc21. The molecule has 1 heterocycles. The maximum atomic E-state index is 12.3. The molecule has 1 atom stereocenters. The van der Waals surface area contributed by atoms with Crippen molar-refractivity contribution in [3.05, 3.63) is 35.4 Å². The highest BCUT2D eigenvalue weighted by atomic mass is 16.5. The first kappa shape index (κ1) is 14.5. The Balaban J connectivity index is 2.13. The molecular formula is C15H19NO4. The molecule has 108 valence electrons. The number of hydrogen-bond donors (Lipinski definition) is 2. The van der Waals surface area contributed by atoms with Gasteiger partial charge in [-0.25, -0.2) is 0 Å². The van der Waals surface area contributed by atoms with E-state index in [9.17, 15) is 9.59 Å². The molecule has 2 rings (SSSR count). The third-order valence-electron chi connectivity index (χ3n) is 3.29. The van der Waals surface area contributed by atoms with Gasteiger partial charge in [0.1, 0.15) is 0 Å². The molecule has 0 spiro atoms. The predicted molar refractivity (Wildman–Crippen MR) is 73.3 cm³/mol. The second kappa shape index (κ2) is 5.63. The first-order chi connectivity index (χ1) is 9.39. The zero-order valence-electron chi connectivity index (χ0n) is 11.7. The van der Waals surface area contributed by atoms with Crippen LogP contribution in [0.4, 0.5) is 0 Å². The van der Waals surface area contributed by atoms with Gasteiger partial charge < -0.3 is 15.2 Å². The molecule has 5 nitrogen and oxygen atoms in total. The zero-order valence-corrected chi connectivity index (χ0v) is 11.7. The van der Waals surface area contributed by atoms with Crippen LogP contribution in [0, 0.1) is 0 Å². The van der Waals surface area contributed by atoms with E-state index in [1.807, 2.05) is 24.3 Å². The van der Waals surface area contributed by atoms with Crippen LogP contribution in [0.15, 0.2) is 24.3 Å². The van der Waals surface area contributed by atoms with Gasteiger partial charge in [0.25, 0.3) is 5.91 Å². The fraction of sp³-hybridized carbons (Fsp3) is 0.467. The number of carbonyl (C=O) groups is 2. The van der Waals surface area contributed by atoms with Gasteiger partial charge >= 0.3 is 5.97 Å². The largest absolute Gasteiger partial charge is 0.481 e. The van der Waals surface area contributed by atoms with Gasteiger partial charge in [-0.15, -0.1) is 0 Å². The molecule has 1 aromatic carbocycles. The summed E-state index contributed by atoms with van der Waals surface area (Å²) in [7, 11) is 0. The Morgan fingerprint density at radius 3 is 2.80 bits per heavy atom. The van der Waals surface area contributed by atoms with Gasteiger partial charge in [-0.2, -0.15) is 0 Å². The number of benzene rings is 1. The summed E-state index contributed by atoms with van der Waals surface area (Å²) >= 11 is 0. The lowest BCUT2D eigenvalue weighted by molar-refractivity contribution is -0.140. The lowest BCUT2D eigenvalue weighted by Gasteiger charge is -2.30. The summed E-state index contributed by atoms with van der Waals surface area (Å²) in [6.45, 7) is 3.87. The van der Waals surface area contributed by atoms with Crippen molar-refractivity contribution in [1.29, 1.82) is 0 Å². The number of carboxylic acids is 1. The summed E-state index contributed by atoms with van der Waals surface area (Å²) in [6.07, 6.45) is -0.000928. The standard InChI is InChI=1S/C15H19NO4/c1-15(2,9-12(17)18)16-14(19)13-11-6-4-3-5-10(11)7-8-20-13/h3-6,13H,7-9H2,1-2H3,(H,16,19)(H,17,18). The van der Waals surface area contributed by atoms with Crippen molar-refractivity contribution in [2.45, 2.75) is 38.3 Å². The van der Waals surface area contributed by atoms with Crippen LogP contribution in [0.5, 0.6) is 0 Å². The summed E-state index contributed by atoms with van der Waals surface area (Å²) in [5, 5.41) is 11.6. The molecule has 2 N–H and O–H groups in total. The number of nitrogens with one attached hydrogen (secondary N) is 1. The lowest BCUT2D eigenvalue weighted by atomic mass is 9.95. The highest BCUT2D eigenvalue weighted by Crippen LogP contribution is 2.27. The molecular weight excluding hydrogens is 258 g/mol. The number of fused-ring (bicyclic) bond motifs is 1. The monoisotopic (exact) mass is 277 g/mol. The van der Waals surface area contributed by atoms with Gasteiger partial charge in [0.05, 0.1) is 13.0 Å². The fourth-order valence-electron chi connectivity index (χ4n) is 2.43. The summed E-state index contributed by atoms with van der Waals surface area (Å²) in [6, 6.07) is 7.67. The van der Waals surface area contributed by atoms with E-state index in [1.54, 1.807) is 13.8 Å². The van der Waals surface area contributed by atoms with Crippen molar-refractivity contribution < 1.29 is 19.4 Å².